The number of aliphatic hydroxyl groups is 1. The Morgan fingerprint density at radius 2 is 2.20 bits per heavy atom. The summed E-state index contributed by atoms with van der Waals surface area (Å²) in [4.78, 5) is 14.2. The van der Waals surface area contributed by atoms with E-state index in [9.17, 15) is 9.90 Å². The van der Waals surface area contributed by atoms with E-state index in [1.165, 1.54) is 0 Å². The molecular weight excluding hydrogens is 276 g/mol. The van der Waals surface area contributed by atoms with Crippen LogP contribution >= 0.6 is 11.6 Å². The Morgan fingerprint density at radius 1 is 1.45 bits per heavy atom. The maximum atomic E-state index is 12.5. The lowest BCUT2D eigenvalue weighted by Crippen LogP contribution is -2.28. The van der Waals surface area contributed by atoms with Crippen LogP contribution in [0.4, 0.5) is 5.69 Å². The van der Waals surface area contributed by atoms with Crippen LogP contribution in [-0.2, 0) is 4.79 Å². The molecule has 3 atom stereocenters. The molecule has 1 aliphatic carbocycles. The van der Waals surface area contributed by atoms with Gasteiger partial charge in [-0.15, -0.1) is 0 Å². The van der Waals surface area contributed by atoms with E-state index in [1.807, 2.05) is 13.0 Å². The van der Waals surface area contributed by atoms with Gasteiger partial charge in [-0.25, -0.2) is 0 Å². The number of aliphatic hydroxyl groups excluding tert-OH is 1. The minimum Gasteiger partial charge on any atom is -0.393 e. The van der Waals surface area contributed by atoms with Crippen molar-refractivity contribution in [3.8, 4) is 6.07 Å². The zero-order valence-electron chi connectivity index (χ0n) is 11.1. The third-order valence-corrected chi connectivity index (χ3v) is 5.02. The first-order chi connectivity index (χ1) is 9.54. The number of hydrogen-bond donors (Lipinski definition) is 1. The minimum absolute atomic E-state index is 0.0244. The largest absolute Gasteiger partial charge is 0.393 e. The van der Waals surface area contributed by atoms with Gasteiger partial charge in [0.15, 0.2) is 0 Å². The number of benzene rings is 1. The molecule has 2 aliphatic rings. The van der Waals surface area contributed by atoms with E-state index in [-0.39, 0.29) is 23.8 Å². The summed E-state index contributed by atoms with van der Waals surface area (Å²) < 4.78 is 0. The number of halogens is 1. The molecule has 0 bridgehead atoms. The Hall–Kier alpha value is -1.57. The highest BCUT2D eigenvalue weighted by Gasteiger charge is 2.48. The molecule has 0 radical (unpaired) electrons. The number of fused-ring (bicyclic) bond motifs is 1. The van der Waals surface area contributed by atoms with Crippen molar-refractivity contribution < 1.29 is 9.90 Å². The summed E-state index contributed by atoms with van der Waals surface area (Å²) in [7, 11) is 0. The van der Waals surface area contributed by atoms with Crippen molar-refractivity contribution in [2.45, 2.75) is 25.9 Å². The topological polar surface area (TPSA) is 64.3 Å². The Balaban J connectivity index is 1.98. The SMILES string of the molecule is Cc1c(N2C[C@H]3[C@H](CC[C@@H]3O)C2=O)ccc(C#N)c1Cl. The van der Waals surface area contributed by atoms with Crippen LogP contribution in [0.5, 0.6) is 0 Å². The lowest BCUT2D eigenvalue weighted by Gasteiger charge is -2.21. The molecule has 2 fully saturated rings. The van der Waals surface area contributed by atoms with Crippen LogP contribution in [0.3, 0.4) is 0 Å². The second kappa shape index (κ2) is 4.76. The van der Waals surface area contributed by atoms with E-state index in [4.69, 9.17) is 16.9 Å². The highest BCUT2D eigenvalue weighted by Crippen LogP contribution is 2.42. The van der Waals surface area contributed by atoms with Crippen molar-refractivity contribution in [2.75, 3.05) is 11.4 Å². The Labute approximate surface area is 122 Å². The molecule has 1 saturated heterocycles. The third-order valence-electron chi connectivity index (χ3n) is 4.53. The number of nitrogens with zero attached hydrogens (tertiary/aromatic N) is 2. The highest BCUT2D eigenvalue weighted by molar-refractivity contribution is 6.33. The van der Waals surface area contributed by atoms with Gasteiger partial charge in [0.25, 0.3) is 0 Å². The lowest BCUT2D eigenvalue weighted by atomic mass is 9.99. The van der Waals surface area contributed by atoms with Crippen LogP contribution in [0, 0.1) is 30.1 Å². The van der Waals surface area contributed by atoms with Gasteiger partial charge in [0.2, 0.25) is 5.91 Å². The first-order valence-corrected chi connectivity index (χ1v) is 7.11. The summed E-state index contributed by atoms with van der Waals surface area (Å²) in [6.07, 6.45) is 1.08. The number of nitriles is 1. The first kappa shape index (κ1) is 13.4. The third kappa shape index (κ3) is 1.81. The number of carbonyl (C=O) groups is 1. The van der Waals surface area contributed by atoms with E-state index in [0.29, 0.717) is 23.6 Å². The standard InChI is InChI=1S/C15H15ClN2O2/c1-8-12(4-2-9(6-17)14(8)16)18-7-11-10(15(18)20)3-5-13(11)19/h2,4,10-11,13,19H,3,5,7H2,1H3/t10-,11-,13-/m0/s1. The van der Waals surface area contributed by atoms with Crippen LogP contribution < -0.4 is 4.90 Å². The van der Waals surface area contributed by atoms with Gasteiger partial charge in [0, 0.05) is 24.1 Å². The molecule has 0 spiro atoms. The summed E-state index contributed by atoms with van der Waals surface area (Å²) in [5, 5.41) is 19.3. The average Bonchev–Trinajstić information content (AvgIpc) is 2.95. The molecule has 1 heterocycles. The minimum atomic E-state index is -0.386. The quantitative estimate of drug-likeness (QED) is 0.863. The van der Waals surface area contributed by atoms with Gasteiger partial charge in [-0.2, -0.15) is 5.26 Å². The van der Waals surface area contributed by atoms with Crippen LogP contribution in [0.15, 0.2) is 12.1 Å². The molecule has 1 aromatic rings. The molecule has 1 aliphatic heterocycles. The van der Waals surface area contributed by atoms with E-state index < -0.39 is 0 Å². The molecule has 3 rings (SSSR count). The molecule has 1 saturated carbocycles. The number of hydrogen-bond acceptors (Lipinski definition) is 3. The van der Waals surface area contributed by atoms with E-state index >= 15 is 0 Å². The van der Waals surface area contributed by atoms with Crippen molar-refractivity contribution in [1.82, 2.24) is 0 Å². The second-order valence-electron chi connectivity index (χ2n) is 5.55. The molecule has 1 aromatic carbocycles. The van der Waals surface area contributed by atoms with Gasteiger partial charge < -0.3 is 10.0 Å². The van der Waals surface area contributed by atoms with E-state index in [2.05, 4.69) is 0 Å². The number of anilines is 1. The van der Waals surface area contributed by atoms with Crippen LogP contribution in [0.1, 0.15) is 24.0 Å². The van der Waals surface area contributed by atoms with Crippen molar-refractivity contribution in [1.29, 1.82) is 5.26 Å². The van der Waals surface area contributed by atoms with Crippen molar-refractivity contribution in [3.05, 3.63) is 28.3 Å². The maximum absolute atomic E-state index is 12.5. The number of carbonyl (C=O) groups excluding carboxylic acids is 1. The molecule has 0 unspecified atom stereocenters. The van der Waals surface area contributed by atoms with Gasteiger partial charge in [0.1, 0.15) is 6.07 Å². The smallest absolute Gasteiger partial charge is 0.230 e. The highest BCUT2D eigenvalue weighted by atomic mass is 35.5. The van der Waals surface area contributed by atoms with Crippen LogP contribution in [0.2, 0.25) is 5.02 Å². The summed E-state index contributed by atoms with van der Waals surface area (Å²) in [6, 6.07) is 5.45. The average molecular weight is 291 g/mol. The predicted octanol–water partition coefficient (Wildman–Crippen LogP) is 2.25. The molecule has 20 heavy (non-hydrogen) atoms. The molecular formula is C15H15ClN2O2. The van der Waals surface area contributed by atoms with E-state index in [0.717, 1.165) is 17.7 Å². The summed E-state index contributed by atoms with van der Waals surface area (Å²) in [6.45, 7) is 2.35. The van der Waals surface area contributed by atoms with Gasteiger partial charge in [-0.3, -0.25) is 4.79 Å². The molecule has 1 amide bonds. The fourth-order valence-corrected chi connectivity index (χ4v) is 3.58. The Kier molecular flexibility index (Phi) is 3.19. The zero-order chi connectivity index (χ0) is 14.4. The van der Waals surface area contributed by atoms with Gasteiger partial charge in [0.05, 0.1) is 16.7 Å². The van der Waals surface area contributed by atoms with Crippen molar-refractivity contribution in [3.63, 3.8) is 0 Å². The van der Waals surface area contributed by atoms with Gasteiger partial charge >= 0.3 is 0 Å². The normalized spacial score (nSPS) is 28.6. The van der Waals surface area contributed by atoms with Crippen molar-refractivity contribution >= 4 is 23.2 Å². The monoisotopic (exact) mass is 290 g/mol. The molecule has 0 aromatic heterocycles. The van der Waals surface area contributed by atoms with Crippen molar-refractivity contribution in [2.24, 2.45) is 11.8 Å². The first-order valence-electron chi connectivity index (χ1n) is 6.73. The number of rotatable bonds is 1. The number of amides is 1. The zero-order valence-corrected chi connectivity index (χ0v) is 11.9. The Bertz CT molecular complexity index is 623. The van der Waals surface area contributed by atoms with E-state index in [1.54, 1.807) is 17.0 Å². The fourth-order valence-electron chi connectivity index (χ4n) is 3.37. The maximum Gasteiger partial charge on any atom is 0.230 e. The second-order valence-corrected chi connectivity index (χ2v) is 5.92. The molecule has 4 nitrogen and oxygen atoms in total. The molecule has 5 heteroatoms. The van der Waals surface area contributed by atoms with Gasteiger partial charge in [-0.1, -0.05) is 11.6 Å². The van der Waals surface area contributed by atoms with Gasteiger partial charge in [-0.05, 0) is 37.5 Å². The summed E-state index contributed by atoms with van der Waals surface area (Å²) in [5.74, 6) is 0.0190. The molecule has 1 N–H and O–H groups in total. The predicted molar refractivity (Wildman–Crippen MR) is 75.5 cm³/mol. The molecule has 104 valence electrons. The lowest BCUT2D eigenvalue weighted by molar-refractivity contribution is -0.120. The fraction of sp³-hybridized carbons (Fsp3) is 0.467. The van der Waals surface area contributed by atoms with Crippen LogP contribution in [-0.4, -0.2) is 23.7 Å². The Morgan fingerprint density at radius 3 is 2.85 bits per heavy atom. The summed E-state index contributed by atoms with van der Waals surface area (Å²) in [5.41, 5.74) is 1.91. The summed E-state index contributed by atoms with van der Waals surface area (Å²) >= 11 is 6.16. The van der Waals surface area contributed by atoms with Crippen LogP contribution in [0.25, 0.3) is 0 Å².